The molecule has 0 heterocycles. The Labute approximate surface area is 245 Å². The summed E-state index contributed by atoms with van der Waals surface area (Å²) in [7, 11) is -0.111. The van der Waals surface area contributed by atoms with Crippen LogP contribution in [-0.4, -0.2) is 62.2 Å². The highest BCUT2D eigenvalue weighted by molar-refractivity contribution is 7.47. The molecule has 0 radical (unpaired) electrons. The van der Waals surface area contributed by atoms with Crippen LogP contribution in [0.3, 0.4) is 0 Å². The second-order valence-electron chi connectivity index (χ2n) is 11.8. The standard InChI is InChI=1S/C32H58NO6P/c1-6-9-10-11-12-13-14-15-16-17-24-37-32-21-19-29(20-22-32)26-30(27-31(34)18-7-2)28-39-40(35,36)38-25-23-33(4,5)8-3/h19-22,30H,6-18,23-28H2,1-5H3/p+1. The molecule has 0 amide bonds. The van der Waals surface area contributed by atoms with Gasteiger partial charge in [0.2, 0.25) is 0 Å². The summed E-state index contributed by atoms with van der Waals surface area (Å²) >= 11 is 0. The third kappa shape index (κ3) is 19.0. The van der Waals surface area contributed by atoms with E-state index in [1.165, 1.54) is 57.8 Å². The molecule has 0 fully saturated rings. The molecule has 0 aliphatic rings. The van der Waals surface area contributed by atoms with Crippen LogP contribution in [0.15, 0.2) is 24.3 Å². The highest BCUT2D eigenvalue weighted by Gasteiger charge is 2.26. The van der Waals surface area contributed by atoms with Gasteiger partial charge in [-0.15, -0.1) is 0 Å². The summed E-state index contributed by atoms with van der Waals surface area (Å²) in [5.41, 5.74) is 1.04. The molecule has 1 N–H and O–H groups in total. The topological polar surface area (TPSA) is 82.1 Å². The van der Waals surface area contributed by atoms with Gasteiger partial charge in [-0.3, -0.25) is 13.8 Å². The Balaban J connectivity index is 2.45. The lowest BCUT2D eigenvalue weighted by Gasteiger charge is -2.28. The number of quaternary nitrogens is 1. The van der Waals surface area contributed by atoms with E-state index in [9.17, 15) is 14.3 Å². The average molecular weight is 585 g/mol. The van der Waals surface area contributed by atoms with E-state index < -0.39 is 7.82 Å². The van der Waals surface area contributed by atoms with Crippen molar-refractivity contribution in [2.75, 3.05) is 47.0 Å². The number of hydrogen-bond donors (Lipinski definition) is 1. The van der Waals surface area contributed by atoms with Crippen LogP contribution in [-0.2, 0) is 24.8 Å². The van der Waals surface area contributed by atoms with E-state index in [2.05, 4.69) is 13.8 Å². The number of phosphoric acid groups is 1. The van der Waals surface area contributed by atoms with Crippen LogP contribution < -0.4 is 4.74 Å². The lowest BCUT2D eigenvalue weighted by atomic mass is 9.94. The molecule has 0 aliphatic carbocycles. The molecule has 0 aliphatic heterocycles. The zero-order chi connectivity index (χ0) is 29.7. The van der Waals surface area contributed by atoms with Gasteiger partial charge in [0.1, 0.15) is 24.7 Å². The number of Topliss-reactive ketones (excluding diaryl/α,β-unsaturated/α-hetero) is 1. The fourth-order valence-corrected chi connectivity index (χ4v) is 5.31. The maximum atomic E-state index is 12.5. The van der Waals surface area contributed by atoms with Crippen LogP contribution in [0.25, 0.3) is 0 Å². The smallest absolute Gasteiger partial charge is 0.472 e. The summed E-state index contributed by atoms with van der Waals surface area (Å²) in [6, 6.07) is 7.94. The summed E-state index contributed by atoms with van der Waals surface area (Å²) < 4.78 is 29.6. The van der Waals surface area contributed by atoms with E-state index in [4.69, 9.17) is 13.8 Å². The zero-order valence-electron chi connectivity index (χ0n) is 26.2. The van der Waals surface area contributed by atoms with Gasteiger partial charge in [0, 0.05) is 12.8 Å². The summed E-state index contributed by atoms with van der Waals surface area (Å²) in [6.45, 7) is 8.64. The van der Waals surface area contributed by atoms with Crippen LogP contribution in [0, 0.1) is 5.92 Å². The van der Waals surface area contributed by atoms with Crippen LogP contribution in [0.2, 0.25) is 0 Å². The minimum Gasteiger partial charge on any atom is -0.494 e. The molecule has 0 saturated heterocycles. The van der Waals surface area contributed by atoms with Crippen molar-refractivity contribution in [3.05, 3.63) is 29.8 Å². The molecule has 2 unspecified atom stereocenters. The van der Waals surface area contributed by atoms with Crippen molar-refractivity contribution in [2.45, 2.75) is 111 Å². The first-order valence-corrected chi connectivity index (χ1v) is 17.3. The van der Waals surface area contributed by atoms with Gasteiger partial charge in [-0.1, -0.05) is 83.8 Å². The van der Waals surface area contributed by atoms with E-state index in [1.54, 1.807) is 0 Å². The lowest BCUT2D eigenvalue weighted by Crippen LogP contribution is -2.41. The van der Waals surface area contributed by atoms with Crippen molar-refractivity contribution in [1.82, 2.24) is 0 Å². The maximum absolute atomic E-state index is 12.5. The third-order valence-corrected chi connectivity index (χ3v) is 8.52. The zero-order valence-corrected chi connectivity index (χ0v) is 27.1. The van der Waals surface area contributed by atoms with E-state index in [0.717, 1.165) is 37.3 Å². The number of ketones is 1. The molecule has 0 saturated carbocycles. The third-order valence-electron chi connectivity index (χ3n) is 7.54. The number of benzene rings is 1. The van der Waals surface area contributed by atoms with E-state index in [0.29, 0.717) is 30.3 Å². The quantitative estimate of drug-likeness (QED) is 0.0672. The molecule has 1 aromatic carbocycles. The highest BCUT2D eigenvalue weighted by atomic mass is 31.2. The first kappa shape index (κ1) is 36.8. The van der Waals surface area contributed by atoms with Gasteiger partial charge in [-0.05, 0) is 49.8 Å². The van der Waals surface area contributed by atoms with Gasteiger partial charge < -0.3 is 14.1 Å². The SMILES string of the molecule is CCCCCCCCCCCCOc1ccc(CC(COP(=O)(O)OCC[N+](C)(C)CC)CC(=O)CCC)cc1. The number of ether oxygens (including phenoxy) is 1. The van der Waals surface area contributed by atoms with E-state index in [-0.39, 0.29) is 24.9 Å². The van der Waals surface area contributed by atoms with E-state index in [1.807, 2.05) is 45.3 Å². The predicted octanol–water partition coefficient (Wildman–Crippen LogP) is 8.13. The number of phosphoric ester groups is 1. The molecule has 0 bridgehead atoms. The van der Waals surface area contributed by atoms with Gasteiger partial charge in [-0.25, -0.2) is 4.57 Å². The Bertz CT molecular complexity index is 829. The summed E-state index contributed by atoms with van der Waals surface area (Å²) in [5.74, 6) is 0.781. The number of unbranched alkanes of at least 4 members (excludes halogenated alkanes) is 9. The summed E-state index contributed by atoms with van der Waals surface area (Å²) in [4.78, 5) is 22.6. The Kier molecular flexibility index (Phi) is 19.7. The molecular formula is C32H59NO6P+. The van der Waals surface area contributed by atoms with Crippen molar-refractivity contribution < 1.29 is 32.5 Å². The van der Waals surface area contributed by atoms with Crippen molar-refractivity contribution in [1.29, 1.82) is 0 Å². The molecule has 1 aromatic rings. The van der Waals surface area contributed by atoms with Crippen molar-refractivity contribution in [3.63, 3.8) is 0 Å². The maximum Gasteiger partial charge on any atom is 0.472 e. The Morgan fingerprint density at radius 3 is 2.02 bits per heavy atom. The molecule has 7 nitrogen and oxygen atoms in total. The van der Waals surface area contributed by atoms with Gasteiger partial charge in [0.15, 0.2) is 0 Å². The predicted molar refractivity (Wildman–Crippen MR) is 165 cm³/mol. The molecular weight excluding hydrogens is 525 g/mol. The summed E-state index contributed by atoms with van der Waals surface area (Å²) in [5, 5.41) is 0. The van der Waals surface area contributed by atoms with Crippen molar-refractivity contribution in [2.24, 2.45) is 5.92 Å². The van der Waals surface area contributed by atoms with Gasteiger partial charge in [-0.2, -0.15) is 0 Å². The Morgan fingerprint density at radius 1 is 0.850 bits per heavy atom. The van der Waals surface area contributed by atoms with Gasteiger partial charge >= 0.3 is 7.82 Å². The molecule has 0 aromatic heterocycles. The summed E-state index contributed by atoms with van der Waals surface area (Å²) in [6.07, 6.45) is 15.2. The number of carbonyl (C=O) groups excluding carboxylic acids is 1. The van der Waals surface area contributed by atoms with Gasteiger partial charge in [0.05, 0.1) is 33.9 Å². The highest BCUT2D eigenvalue weighted by Crippen LogP contribution is 2.44. The van der Waals surface area contributed by atoms with Crippen LogP contribution in [0.1, 0.15) is 110 Å². The first-order chi connectivity index (χ1) is 19.1. The Hall–Kier alpha value is -1.24. The van der Waals surface area contributed by atoms with E-state index >= 15 is 0 Å². The monoisotopic (exact) mass is 584 g/mol. The number of nitrogens with zero attached hydrogens (tertiary/aromatic N) is 1. The number of likely N-dealkylation sites (N-methyl/N-ethyl adjacent to an activating group) is 1. The van der Waals surface area contributed by atoms with Crippen molar-refractivity contribution >= 4 is 13.6 Å². The minimum absolute atomic E-state index is 0.00769. The molecule has 232 valence electrons. The average Bonchev–Trinajstić information content (AvgIpc) is 2.91. The molecule has 0 spiro atoms. The van der Waals surface area contributed by atoms with Crippen molar-refractivity contribution in [3.8, 4) is 5.75 Å². The lowest BCUT2D eigenvalue weighted by molar-refractivity contribution is -0.888. The first-order valence-electron chi connectivity index (χ1n) is 15.8. The van der Waals surface area contributed by atoms with Crippen LogP contribution >= 0.6 is 7.82 Å². The number of carbonyl (C=O) groups is 1. The van der Waals surface area contributed by atoms with Crippen LogP contribution in [0.5, 0.6) is 5.75 Å². The van der Waals surface area contributed by atoms with Gasteiger partial charge in [0.25, 0.3) is 0 Å². The number of rotatable bonds is 26. The second-order valence-corrected chi connectivity index (χ2v) is 13.3. The fourth-order valence-electron chi connectivity index (χ4n) is 4.53. The molecule has 2 atom stereocenters. The largest absolute Gasteiger partial charge is 0.494 e. The minimum atomic E-state index is -4.19. The molecule has 8 heteroatoms. The molecule has 1 rings (SSSR count). The van der Waals surface area contributed by atoms with Crippen LogP contribution in [0.4, 0.5) is 0 Å². The number of hydrogen-bond acceptors (Lipinski definition) is 5. The Morgan fingerprint density at radius 2 is 1.45 bits per heavy atom. The fraction of sp³-hybridized carbons (Fsp3) is 0.781. The normalized spacial score (nSPS) is 14.2. The molecule has 40 heavy (non-hydrogen) atoms. The second kappa shape index (κ2) is 21.5.